The topological polar surface area (TPSA) is 54.0 Å². The number of nitrogens with zero attached hydrogens (tertiary/aromatic N) is 1. The third-order valence-corrected chi connectivity index (χ3v) is 5.32. The molecule has 4 nitrogen and oxygen atoms in total. The molecule has 116 valence electrons. The smallest absolute Gasteiger partial charge is 0.255 e. The van der Waals surface area contributed by atoms with Crippen molar-refractivity contribution in [2.24, 2.45) is 0 Å². The SMILES string of the molecule is CCCNc1ncc(Br)cc1C(=O)NC1CCCC1SC. The monoisotopic (exact) mass is 371 g/mol. The average molecular weight is 372 g/mol. The first-order chi connectivity index (χ1) is 10.2. The van der Waals surface area contributed by atoms with Gasteiger partial charge in [-0.25, -0.2) is 4.98 Å². The fourth-order valence-corrected chi connectivity index (χ4v) is 3.88. The lowest BCUT2D eigenvalue weighted by Crippen LogP contribution is -2.39. The fraction of sp³-hybridized carbons (Fsp3) is 0.600. The van der Waals surface area contributed by atoms with Crippen LogP contribution < -0.4 is 10.6 Å². The molecule has 0 spiro atoms. The van der Waals surface area contributed by atoms with E-state index in [4.69, 9.17) is 0 Å². The number of thioether (sulfide) groups is 1. The molecule has 1 aromatic heterocycles. The molecule has 1 aromatic rings. The van der Waals surface area contributed by atoms with Gasteiger partial charge in [0, 0.05) is 28.5 Å². The van der Waals surface area contributed by atoms with Crippen molar-refractivity contribution in [2.45, 2.75) is 43.9 Å². The molecule has 6 heteroatoms. The minimum atomic E-state index is -0.0339. The van der Waals surface area contributed by atoms with Crippen LogP contribution in [0.25, 0.3) is 0 Å². The van der Waals surface area contributed by atoms with Crippen molar-refractivity contribution in [3.63, 3.8) is 0 Å². The van der Waals surface area contributed by atoms with Crippen molar-refractivity contribution in [3.8, 4) is 0 Å². The number of pyridine rings is 1. The number of hydrogen-bond donors (Lipinski definition) is 2. The molecule has 0 bridgehead atoms. The normalized spacial score (nSPS) is 21.3. The number of carbonyl (C=O) groups excluding carboxylic acids is 1. The van der Waals surface area contributed by atoms with Crippen molar-refractivity contribution in [1.82, 2.24) is 10.3 Å². The molecule has 2 unspecified atom stereocenters. The Morgan fingerprint density at radius 2 is 2.33 bits per heavy atom. The second kappa shape index (κ2) is 8.03. The van der Waals surface area contributed by atoms with Gasteiger partial charge >= 0.3 is 0 Å². The first-order valence-electron chi connectivity index (χ1n) is 7.38. The highest BCUT2D eigenvalue weighted by atomic mass is 79.9. The number of carbonyl (C=O) groups is 1. The van der Waals surface area contributed by atoms with E-state index in [1.165, 1.54) is 12.8 Å². The molecule has 1 amide bonds. The fourth-order valence-electron chi connectivity index (χ4n) is 2.62. The van der Waals surface area contributed by atoms with Crippen molar-refractivity contribution in [2.75, 3.05) is 18.1 Å². The summed E-state index contributed by atoms with van der Waals surface area (Å²) in [4.78, 5) is 16.9. The summed E-state index contributed by atoms with van der Waals surface area (Å²) in [6, 6.07) is 2.11. The van der Waals surface area contributed by atoms with Crippen LogP contribution in [0.4, 0.5) is 5.82 Å². The number of aromatic nitrogens is 1. The molecule has 1 fully saturated rings. The summed E-state index contributed by atoms with van der Waals surface area (Å²) in [5, 5.41) is 6.93. The lowest BCUT2D eigenvalue weighted by Gasteiger charge is -2.20. The molecular weight excluding hydrogens is 350 g/mol. The van der Waals surface area contributed by atoms with Gasteiger partial charge in [-0.1, -0.05) is 13.3 Å². The minimum Gasteiger partial charge on any atom is -0.369 e. The zero-order chi connectivity index (χ0) is 15.2. The Bertz CT molecular complexity index is 498. The van der Waals surface area contributed by atoms with Crippen LogP contribution in [-0.4, -0.2) is 35.0 Å². The number of nitrogens with one attached hydrogen (secondary N) is 2. The molecule has 2 N–H and O–H groups in total. The van der Waals surface area contributed by atoms with E-state index in [1.54, 1.807) is 6.20 Å². The second-order valence-corrected chi connectivity index (χ2v) is 7.25. The number of rotatable bonds is 6. The lowest BCUT2D eigenvalue weighted by molar-refractivity contribution is 0.0939. The van der Waals surface area contributed by atoms with E-state index in [0.717, 1.165) is 23.9 Å². The van der Waals surface area contributed by atoms with Crippen LogP contribution in [0, 0.1) is 0 Å². The Morgan fingerprint density at radius 3 is 3.05 bits per heavy atom. The quantitative estimate of drug-likeness (QED) is 0.800. The van der Waals surface area contributed by atoms with Crippen molar-refractivity contribution in [3.05, 3.63) is 22.3 Å². The maximum absolute atomic E-state index is 12.6. The van der Waals surface area contributed by atoms with Crippen molar-refractivity contribution in [1.29, 1.82) is 0 Å². The molecule has 0 radical (unpaired) electrons. The first kappa shape index (κ1) is 16.6. The van der Waals surface area contributed by atoms with E-state index in [9.17, 15) is 4.79 Å². The highest BCUT2D eigenvalue weighted by Crippen LogP contribution is 2.29. The van der Waals surface area contributed by atoms with Gasteiger partial charge in [0.05, 0.1) is 5.56 Å². The molecule has 0 aliphatic heterocycles. The average Bonchev–Trinajstić information content (AvgIpc) is 2.93. The van der Waals surface area contributed by atoms with E-state index in [1.807, 2.05) is 17.8 Å². The maximum atomic E-state index is 12.6. The van der Waals surface area contributed by atoms with Crippen LogP contribution in [0.15, 0.2) is 16.7 Å². The molecular formula is C15H22BrN3OS. The largest absolute Gasteiger partial charge is 0.369 e. The second-order valence-electron chi connectivity index (χ2n) is 5.26. The van der Waals surface area contributed by atoms with E-state index in [-0.39, 0.29) is 11.9 Å². The molecule has 0 aromatic carbocycles. The zero-order valence-electron chi connectivity index (χ0n) is 12.5. The third kappa shape index (κ3) is 4.36. The number of halogens is 1. The Labute approximate surface area is 139 Å². The van der Waals surface area contributed by atoms with E-state index < -0.39 is 0 Å². The van der Waals surface area contributed by atoms with E-state index >= 15 is 0 Å². The molecule has 2 atom stereocenters. The predicted octanol–water partition coefficient (Wildman–Crippen LogP) is 3.68. The number of hydrogen-bond acceptors (Lipinski definition) is 4. The van der Waals surface area contributed by atoms with Crippen LogP contribution in [0.5, 0.6) is 0 Å². The van der Waals surface area contributed by atoms with Gasteiger partial charge < -0.3 is 10.6 Å². The summed E-state index contributed by atoms with van der Waals surface area (Å²) >= 11 is 5.24. The van der Waals surface area contributed by atoms with Crippen molar-refractivity contribution < 1.29 is 4.79 Å². The summed E-state index contributed by atoms with van der Waals surface area (Å²) in [6.45, 7) is 2.90. The van der Waals surface area contributed by atoms with Crippen LogP contribution in [0.2, 0.25) is 0 Å². The van der Waals surface area contributed by atoms with E-state index in [0.29, 0.717) is 16.6 Å². The van der Waals surface area contributed by atoms with Gasteiger partial charge in [-0.05, 0) is 47.5 Å². The standard InChI is InChI=1S/C15H22BrN3OS/c1-3-7-17-14-11(8-10(16)9-18-14)15(20)19-12-5-4-6-13(12)21-2/h8-9,12-13H,3-7H2,1-2H3,(H,17,18)(H,19,20). The van der Waals surface area contributed by atoms with Gasteiger partial charge in [0.15, 0.2) is 0 Å². The van der Waals surface area contributed by atoms with Gasteiger partial charge in [0.25, 0.3) is 5.91 Å². The Balaban J connectivity index is 2.12. The molecule has 0 saturated heterocycles. The van der Waals surface area contributed by atoms with Crippen LogP contribution in [-0.2, 0) is 0 Å². The lowest BCUT2D eigenvalue weighted by atomic mass is 10.2. The van der Waals surface area contributed by atoms with Crippen molar-refractivity contribution >= 4 is 39.4 Å². The summed E-state index contributed by atoms with van der Waals surface area (Å²) in [5.74, 6) is 0.629. The van der Waals surface area contributed by atoms with Gasteiger partial charge in [-0.15, -0.1) is 0 Å². The zero-order valence-corrected chi connectivity index (χ0v) is 14.9. The van der Waals surface area contributed by atoms with Gasteiger partial charge in [-0.3, -0.25) is 4.79 Å². The molecule has 1 aliphatic rings. The summed E-state index contributed by atoms with van der Waals surface area (Å²) in [5.41, 5.74) is 0.615. The van der Waals surface area contributed by atoms with Gasteiger partial charge in [0.1, 0.15) is 5.82 Å². The Morgan fingerprint density at radius 1 is 1.52 bits per heavy atom. The first-order valence-corrected chi connectivity index (χ1v) is 9.46. The van der Waals surface area contributed by atoms with Crippen LogP contribution >= 0.6 is 27.7 Å². The van der Waals surface area contributed by atoms with Crippen LogP contribution in [0.3, 0.4) is 0 Å². The molecule has 21 heavy (non-hydrogen) atoms. The predicted molar refractivity (Wildman–Crippen MR) is 93.1 cm³/mol. The third-order valence-electron chi connectivity index (χ3n) is 3.71. The Kier molecular flexibility index (Phi) is 6.36. The summed E-state index contributed by atoms with van der Waals surface area (Å²) in [6.07, 6.45) is 8.27. The highest BCUT2D eigenvalue weighted by molar-refractivity contribution is 9.10. The molecule has 2 rings (SSSR count). The molecule has 1 saturated carbocycles. The number of anilines is 1. The highest BCUT2D eigenvalue weighted by Gasteiger charge is 2.28. The summed E-state index contributed by atoms with van der Waals surface area (Å²) < 4.78 is 0.822. The van der Waals surface area contributed by atoms with Crippen LogP contribution in [0.1, 0.15) is 43.0 Å². The minimum absolute atomic E-state index is 0.0339. The van der Waals surface area contributed by atoms with E-state index in [2.05, 4.69) is 44.7 Å². The Hall–Kier alpha value is -0.750. The molecule has 1 heterocycles. The maximum Gasteiger partial charge on any atom is 0.255 e. The van der Waals surface area contributed by atoms with Gasteiger partial charge in [0.2, 0.25) is 0 Å². The molecule has 1 aliphatic carbocycles. The number of amides is 1. The summed E-state index contributed by atoms with van der Waals surface area (Å²) in [7, 11) is 0. The van der Waals surface area contributed by atoms with Gasteiger partial charge in [-0.2, -0.15) is 11.8 Å².